The van der Waals surface area contributed by atoms with Crippen LogP contribution in [0.15, 0.2) is 24.3 Å². The average molecular weight is 589 g/mol. The molecule has 0 amide bonds. The smallest absolute Gasteiger partial charge is 0.201 e. The van der Waals surface area contributed by atoms with Crippen LogP contribution in [-0.2, 0) is 31.9 Å². The molecule has 1 aliphatic rings. The van der Waals surface area contributed by atoms with E-state index in [1.165, 1.54) is 0 Å². The van der Waals surface area contributed by atoms with Crippen molar-refractivity contribution < 1.29 is 39.4 Å². The lowest BCUT2D eigenvalue weighted by molar-refractivity contribution is -0.275. The van der Waals surface area contributed by atoms with Crippen molar-refractivity contribution in [1.29, 1.82) is 0 Å². The van der Waals surface area contributed by atoms with Crippen molar-refractivity contribution in [2.75, 3.05) is 26.4 Å². The first-order chi connectivity index (χ1) is 18.9. The van der Waals surface area contributed by atoms with E-state index in [2.05, 4.69) is 0 Å². The van der Waals surface area contributed by atoms with Gasteiger partial charge in [-0.05, 0) is 35.1 Å². The summed E-state index contributed by atoms with van der Waals surface area (Å²) in [6, 6.07) is 6.66. The molecule has 1 heterocycles. The third-order valence-electron chi connectivity index (χ3n) is 7.87. The zero-order valence-electron chi connectivity index (χ0n) is 27.6. The zero-order chi connectivity index (χ0) is 32.1. The number of fused-ring (bicyclic) bond motifs is 4. The molecule has 2 unspecified atom stereocenters. The first-order valence-corrected chi connectivity index (χ1v) is 14.7. The van der Waals surface area contributed by atoms with E-state index in [0.717, 1.165) is 0 Å². The summed E-state index contributed by atoms with van der Waals surface area (Å²) in [5, 5.41) is 47.0. The summed E-state index contributed by atoms with van der Waals surface area (Å²) in [5.74, 6) is -3.10. The monoisotopic (exact) mass is 588 g/mol. The molecule has 8 nitrogen and oxygen atoms in total. The molecule has 3 rings (SSSR count). The van der Waals surface area contributed by atoms with Gasteiger partial charge < -0.3 is 39.4 Å². The molecule has 42 heavy (non-hydrogen) atoms. The largest absolute Gasteiger partial charge is 0.507 e. The highest BCUT2D eigenvalue weighted by molar-refractivity contribution is 5.53. The lowest BCUT2D eigenvalue weighted by Gasteiger charge is -2.42. The maximum atomic E-state index is 12.1. The molecule has 2 aromatic rings. The number of aliphatic hydroxyl groups is 2. The second-order valence-electron chi connectivity index (χ2n) is 15.4. The molecular formula is C34H52O8. The van der Waals surface area contributed by atoms with Crippen molar-refractivity contribution in [1.82, 2.24) is 0 Å². The van der Waals surface area contributed by atoms with E-state index in [9.17, 15) is 20.4 Å². The molecule has 0 saturated carbocycles. The molecule has 0 saturated heterocycles. The van der Waals surface area contributed by atoms with Gasteiger partial charge in [-0.3, -0.25) is 0 Å². The van der Waals surface area contributed by atoms with Crippen molar-refractivity contribution >= 4 is 0 Å². The van der Waals surface area contributed by atoms with Crippen LogP contribution in [0.1, 0.15) is 105 Å². The van der Waals surface area contributed by atoms with Crippen molar-refractivity contribution in [3.05, 3.63) is 46.5 Å². The van der Waals surface area contributed by atoms with Gasteiger partial charge in [-0.25, -0.2) is 0 Å². The fourth-order valence-electron chi connectivity index (χ4n) is 5.14. The van der Waals surface area contributed by atoms with Crippen LogP contribution >= 0.6 is 0 Å². The second kappa shape index (κ2) is 11.2. The number of ether oxygens (including phenoxy) is 4. The third kappa shape index (κ3) is 6.52. The van der Waals surface area contributed by atoms with Crippen LogP contribution in [0.5, 0.6) is 23.0 Å². The Morgan fingerprint density at radius 2 is 0.833 bits per heavy atom. The van der Waals surface area contributed by atoms with Gasteiger partial charge in [-0.2, -0.15) is 0 Å². The molecule has 0 spiro atoms. The zero-order valence-corrected chi connectivity index (χ0v) is 27.6. The van der Waals surface area contributed by atoms with Crippen LogP contribution < -0.4 is 9.47 Å². The van der Waals surface area contributed by atoms with Crippen LogP contribution in [0.25, 0.3) is 0 Å². The van der Waals surface area contributed by atoms with E-state index < -0.39 is 33.2 Å². The third-order valence-corrected chi connectivity index (χ3v) is 7.87. The summed E-state index contributed by atoms with van der Waals surface area (Å²) in [6.45, 7) is 22.8. The number of hydrogen-bond donors (Lipinski definition) is 4. The maximum Gasteiger partial charge on any atom is 0.201 e. The Morgan fingerprint density at radius 1 is 0.524 bits per heavy atom. The first kappa shape index (κ1) is 34.0. The van der Waals surface area contributed by atoms with Crippen LogP contribution in [0.3, 0.4) is 0 Å². The number of aromatic hydroxyl groups is 2. The van der Waals surface area contributed by atoms with Crippen molar-refractivity contribution in [3.8, 4) is 23.0 Å². The lowest BCUT2D eigenvalue weighted by Crippen LogP contribution is -2.44. The van der Waals surface area contributed by atoms with Gasteiger partial charge in [0.15, 0.2) is 0 Å². The highest BCUT2D eigenvalue weighted by Crippen LogP contribution is 2.50. The Balaban J connectivity index is 2.22. The summed E-state index contributed by atoms with van der Waals surface area (Å²) in [5.41, 5.74) is -1.09. The average Bonchev–Trinajstić information content (AvgIpc) is 2.82. The van der Waals surface area contributed by atoms with Crippen LogP contribution in [0.2, 0.25) is 0 Å². The van der Waals surface area contributed by atoms with Crippen molar-refractivity contribution in [3.63, 3.8) is 0 Å². The predicted molar refractivity (Wildman–Crippen MR) is 163 cm³/mol. The topological polar surface area (TPSA) is 118 Å². The van der Waals surface area contributed by atoms with Crippen molar-refractivity contribution in [2.45, 2.75) is 105 Å². The molecule has 0 aromatic heterocycles. The van der Waals surface area contributed by atoms with E-state index in [4.69, 9.17) is 18.9 Å². The molecule has 4 bridgehead atoms. The van der Waals surface area contributed by atoms with Gasteiger partial charge in [0, 0.05) is 22.0 Å². The van der Waals surface area contributed by atoms with Crippen molar-refractivity contribution in [2.24, 2.45) is 10.8 Å². The summed E-state index contributed by atoms with van der Waals surface area (Å²) in [7, 11) is 0. The summed E-state index contributed by atoms with van der Waals surface area (Å²) >= 11 is 0. The van der Waals surface area contributed by atoms with Gasteiger partial charge in [0.2, 0.25) is 11.6 Å². The number of hydrogen-bond acceptors (Lipinski definition) is 8. The molecule has 1 aliphatic heterocycles. The summed E-state index contributed by atoms with van der Waals surface area (Å²) in [4.78, 5) is 0. The van der Waals surface area contributed by atoms with E-state index in [0.29, 0.717) is 22.6 Å². The SMILES string of the molecule is CC(C)(C)c1cc2cc(c1O)C(O)(C(C)(C)C)OCCOc1cc(C(C)(C)C)c(O)c(c1)C(O)(C(C)(C)C)OCCO2. The molecule has 0 radical (unpaired) electrons. The molecule has 0 fully saturated rings. The number of phenolic OH excluding ortho intramolecular Hbond substituents is 2. The minimum Gasteiger partial charge on any atom is -0.507 e. The Hall–Kier alpha value is -2.52. The predicted octanol–water partition coefficient (Wildman–Crippen LogP) is 6.58. The molecule has 2 aromatic carbocycles. The second-order valence-corrected chi connectivity index (χ2v) is 15.4. The maximum absolute atomic E-state index is 12.1. The van der Waals surface area contributed by atoms with Gasteiger partial charge in [0.25, 0.3) is 0 Å². The number of rotatable bonds is 0. The minimum absolute atomic E-state index is 0.0236. The van der Waals surface area contributed by atoms with E-state index in [-0.39, 0.29) is 49.1 Å². The molecule has 4 N–H and O–H groups in total. The Kier molecular flexibility index (Phi) is 9.06. The lowest BCUT2D eigenvalue weighted by atomic mass is 9.77. The Labute approximate surface area is 251 Å². The molecular weight excluding hydrogens is 536 g/mol. The van der Waals surface area contributed by atoms with Crippen LogP contribution in [0, 0.1) is 10.8 Å². The minimum atomic E-state index is -1.89. The number of phenols is 2. The molecule has 0 aliphatic carbocycles. The van der Waals surface area contributed by atoms with E-state index in [1.807, 2.05) is 83.1 Å². The fourth-order valence-corrected chi connectivity index (χ4v) is 5.14. The highest BCUT2D eigenvalue weighted by atomic mass is 16.6. The molecule has 2 atom stereocenters. The first-order valence-electron chi connectivity index (χ1n) is 14.7. The van der Waals surface area contributed by atoms with Gasteiger partial charge in [0.05, 0.1) is 24.3 Å². The standard InChI is InChI=1S/C34H52O8/c1-29(2,3)23-17-21-19-25(27(23)35)33(37,31(7,8)9)41-16-14-40-22-18-24(30(4,5)6)28(36)26(20-22)34(38,32(10,11)12)42-15-13-39-21/h17-20,35-38H,13-16H2,1-12H3. The quantitative estimate of drug-likeness (QED) is 0.273. The highest BCUT2D eigenvalue weighted by Gasteiger charge is 2.48. The van der Waals surface area contributed by atoms with Crippen LogP contribution in [-0.4, -0.2) is 46.9 Å². The van der Waals surface area contributed by atoms with E-state index >= 15 is 0 Å². The van der Waals surface area contributed by atoms with Crippen LogP contribution in [0.4, 0.5) is 0 Å². The van der Waals surface area contributed by atoms with Gasteiger partial charge in [-0.15, -0.1) is 0 Å². The fraction of sp³-hybridized carbons (Fsp3) is 0.647. The molecule has 236 valence electrons. The molecule has 8 heteroatoms. The number of benzene rings is 2. The van der Waals surface area contributed by atoms with Gasteiger partial charge in [0.1, 0.15) is 36.2 Å². The van der Waals surface area contributed by atoms with E-state index in [1.54, 1.807) is 24.3 Å². The Morgan fingerprint density at radius 3 is 1.10 bits per heavy atom. The van der Waals surface area contributed by atoms with Gasteiger partial charge in [-0.1, -0.05) is 83.1 Å². The summed E-state index contributed by atoms with van der Waals surface area (Å²) < 4.78 is 24.5. The Bertz CT molecular complexity index is 1170. The normalized spacial score (nSPS) is 23.2. The van der Waals surface area contributed by atoms with Gasteiger partial charge >= 0.3 is 0 Å². The summed E-state index contributed by atoms with van der Waals surface area (Å²) in [6.07, 6.45) is 0.